The van der Waals surface area contributed by atoms with Gasteiger partial charge >= 0.3 is 6.18 Å². The van der Waals surface area contributed by atoms with E-state index in [1.54, 1.807) is 13.2 Å². The van der Waals surface area contributed by atoms with Crippen molar-refractivity contribution in [1.82, 2.24) is 25.4 Å². The lowest BCUT2D eigenvalue weighted by Gasteiger charge is -2.15. The molecule has 1 unspecified atom stereocenters. The van der Waals surface area contributed by atoms with Crippen molar-refractivity contribution >= 4 is 17.3 Å². The second kappa shape index (κ2) is 8.13. The molecule has 2 heterocycles. The zero-order chi connectivity index (χ0) is 17.6. The van der Waals surface area contributed by atoms with Crippen LogP contribution in [0.2, 0.25) is 0 Å². The molecule has 0 spiro atoms. The molecule has 6 nitrogen and oxygen atoms in total. The summed E-state index contributed by atoms with van der Waals surface area (Å²) < 4.78 is 39.4. The molecule has 0 saturated heterocycles. The van der Waals surface area contributed by atoms with Crippen LogP contribution in [-0.2, 0) is 19.3 Å². The molecule has 2 aromatic heterocycles. The number of alkyl halides is 3. The van der Waals surface area contributed by atoms with Crippen molar-refractivity contribution in [3.05, 3.63) is 34.5 Å². The van der Waals surface area contributed by atoms with Crippen LogP contribution in [0.1, 0.15) is 17.6 Å². The van der Waals surface area contributed by atoms with Crippen LogP contribution in [0.15, 0.2) is 28.8 Å². The van der Waals surface area contributed by atoms with Crippen LogP contribution < -0.4 is 10.6 Å². The zero-order valence-corrected chi connectivity index (χ0v) is 14.2. The van der Waals surface area contributed by atoms with E-state index in [9.17, 15) is 13.2 Å². The summed E-state index contributed by atoms with van der Waals surface area (Å²) in [6.45, 7) is 3.68. The Morgan fingerprint density at radius 3 is 2.79 bits per heavy atom. The van der Waals surface area contributed by atoms with Crippen molar-refractivity contribution in [2.75, 3.05) is 13.6 Å². The maximum absolute atomic E-state index is 12.5. The van der Waals surface area contributed by atoms with Crippen LogP contribution in [0.3, 0.4) is 0 Å². The van der Waals surface area contributed by atoms with Gasteiger partial charge in [0.25, 0.3) is 0 Å². The van der Waals surface area contributed by atoms with E-state index in [0.717, 1.165) is 23.3 Å². The number of nitrogens with zero attached hydrogens (tertiary/aromatic N) is 4. The second-order valence-electron chi connectivity index (χ2n) is 5.26. The van der Waals surface area contributed by atoms with Gasteiger partial charge in [-0.15, -0.1) is 11.3 Å². The Morgan fingerprint density at radius 1 is 1.42 bits per heavy atom. The highest BCUT2D eigenvalue weighted by atomic mass is 32.1. The summed E-state index contributed by atoms with van der Waals surface area (Å²) in [7, 11) is 1.61. The fourth-order valence-electron chi connectivity index (χ4n) is 1.97. The van der Waals surface area contributed by atoms with Crippen LogP contribution in [0.4, 0.5) is 13.2 Å². The molecule has 1 atom stereocenters. The molecule has 0 aliphatic rings. The van der Waals surface area contributed by atoms with Gasteiger partial charge in [0.2, 0.25) is 0 Å². The van der Waals surface area contributed by atoms with E-state index in [1.807, 2.05) is 16.9 Å². The molecule has 0 amide bonds. The summed E-state index contributed by atoms with van der Waals surface area (Å²) in [5, 5.41) is 11.6. The summed E-state index contributed by atoms with van der Waals surface area (Å²) in [6, 6.07) is 1.86. The Bertz CT molecular complexity index is 650. The minimum Gasteiger partial charge on any atom is -0.356 e. The molecule has 2 N–H and O–H groups in total. The number of aromatic nitrogens is 3. The number of aliphatic imine (C=N–C) groups is 1. The standard InChI is InChI=1S/C14H19F3N6S/c1-10(8-23-5-3-4-21-23)6-19-13(18-2)20-7-12-22-11(9-24-12)14(15,16)17/h3-5,9-10H,6-8H2,1-2H3,(H2,18,19,20). The maximum atomic E-state index is 12.5. The van der Waals surface area contributed by atoms with Crippen molar-refractivity contribution < 1.29 is 13.2 Å². The summed E-state index contributed by atoms with van der Waals surface area (Å²) >= 11 is 0.968. The first kappa shape index (κ1) is 18.2. The minimum absolute atomic E-state index is 0.188. The van der Waals surface area contributed by atoms with E-state index in [-0.39, 0.29) is 6.54 Å². The molecule has 0 saturated carbocycles. The fraction of sp³-hybridized carbons (Fsp3) is 0.500. The van der Waals surface area contributed by atoms with Crippen molar-refractivity contribution in [2.45, 2.75) is 26.2 Å². The molecular weight excluding hydrogens is 341 g/mol. The summed E-state index contributed by atoms with van der Waals surface area (Å²) in [5.74, 6) is 0.825. The van der Waals surface area contributed by atoms with Crippen LogP contribution in [0, 0.1) is 5.92 Å². The molecule has 0 aliphatic heterocycles. The molecule has 0 fully saturated rings. The molecule has 2 rings (SSSR count). The molecule has 24 heavy (non-hydrogen) atoms. The van der Waals surface area contributed by atoms with E-state index in [2.05, 4.69) is 32.6 Å². The number of rotatable bonds is 6. The highest BCUT2D eigenvalue weighted by Crippen LogP contribution is 2.29. The van der Waals surface area contributed by atoms with Gasteiger partial charge in [-0.1, -0.05) is 6.92 Å². The fourth-order valence-corrected chi connectivity index (χ4v) is 2.71. The molecule has 2 aromatic rings. The average molecular weight is 360 g/mol. The number of nitrogens with one attached hydrogen (secondary N) is 2. The molecule has 0 bridgehead atoms. The molecule has 132 valence electrons. The van der Waals surface area contributed by atoms with E-state index in [4.69, 9.17) is 0 Å². The number of hydrogen-bond acceptors (Lipinski definition) is 4. The highest BCUT2D eigenvalue weighted by molar-refractivity contribution is 7.09. The van der Waals surface area contributed by atoms with Crippen molar-refractivity contribution in [2.24, 2.45) is 10.9 Å². The Balaban J connectivity index is 1.77. The minimum atomic E-state index is -4.41. The normalized spacial score (nSPS) is 13.8. The topological polar surface area (TPSA) is 67.1 Å². The van der Waals surface area contributed by atoms with Gasteiger partial charge in [0.1, 0.15) is 5.01 Å². The van der Waals surface area contributed by atoms with E-state index in [0.29, 0.717) is 23.4 Å². The number of thiazole rings is 1. The summed E-state index contributed by atoms with van der Waals surface area (Å²) in [6.07, 6.45) is -0.787. The molecule has 0 aliphatic carbocycles. The van der Waals surface area contributed by atoms with Gasteiger partial charge in [0, 0.05) is 37.9 Å². The van der Waals surface area contributed by atoms with Crippen molar-refractivity contribution in [3.8, 4) is 0 Å². The third-order valence-electron chi connectivity index (χ3n) is 3.15. The van der Waals surface area contributed by atoms with Gasteiger partial charge in [-0.05, 0) is 12.0 Å². The van der Waals surface area contributed by atoms with Gasteiger partial charge in [0.15, 0.2) is 11.7 Å². The Morgan fingerprint density at radius 2 is 2.21 bits per heavy atom. The monoisotopic (exact) mass is 360 g/mol. The van der Waals surface area contributed by atoms with Gasteiger partial charge in [-0.3, -0.25) is 9.67 Å². The zero-order valence-electron chi connectivity index (χ0n) is 13.3. The third kappa shape index (κ3) is 5.52. The Hall–Kier alpha value is -2.10. The molecule has 0 aromatic carbocycles. The molecule has 10 heteroatoms. The number of guanidine groups is 1. The first-order valence-electron chi connectivity index (χ1n) is 7.32. The van der Waals surface area contributed by atoms with Crippen molar-refractivity contribution in [1.29, 1.82) is 0 Å². The second-order valence-corrected chi connectivity index (χ2v) is 6.21. The Kier molecular flexibility index (Phi) is 6.18. The third-order valence-corrected chi connectivity index (χ3v) is 4.00. The van der Waals surface area contributed by atoms with Crippen molar-refractivity contribution in [3.63, 3.8) is 0 Å². The van der Waals surface area contributed by atoms with Gasteiger partial charge < -0.3 is 10.6 Å². The first-order chi connectivity index (χ1) is 11.4. The van der Waals surface area contributed by atoms with Gasteiger partial charge in [-0.2, -0.15) is 18.3 Å². The quantitative estimate of drug-likeness (QED) is 0.613. The van der Waals surface area contributed by atoms with E-state index >= 15 is 0 Å². The highest BCUT2D eigenvalue weighted by Gasteiger charge is 2.33. The Labute approximate surface area is 141 Å². The lowest BCUT2D eigenvalue weighted by atomic mass is 10.2. The summed E-state index contributed by atoms with van der Waals surface area (Å²) in [5.41, 5.74) is -0.861. The predicted molar refractivity (Wildman–Crippen MR) is 86.7 cm³/mol. The number of hydrogen-bond donors (Lipinski definition) is 2. The first-order valence-corrected chi connectivity index (χ1v) is 8.20. The maximum Gasteiger partial charge on any atom is 0.434 e. The van der Waals surface area contributed by atoms with Crippen LogP contribution in [0.25, 0.3) is 0 Å². The van der Waals surface area contributed by atoms with E-state index < -0.39 is 11.9 Å². The van der Waals surface area contributed by atoms with Gasteiger partial charge in [0.05, 0.1) is 6.54 Å². The number of halogens is 3. The SMILES string of the molecule is CN=C(NCc1nc(C(F)(F)F)cs1)NCC(C)Cn1cccn1. The lowest BCUT2D eigenvalue weighted by Crippen LogP contribution is -2.39. The summed E-state index contributed by atoms with van der Waals surface area (Å²) in [4.78, 5) is 7.62. The molecule has 0 radical (unpaired) electrons. The van der Waals surface area contributed by atoms with E-state index in [1.165, 1.54) is 0 Å². The average Bonchev–Trinajstić information content (AvgIpc) is 3.18. The van der Waals surface area contributed by atoms with Gasteiger partial charge in [-0.25, -0.2) is 4.98 Å². The van der Waals surface area contributed by atoms with Crippen LogP contribution in [0.5, 0.6) is 0 Å². The predicted octanol–water partition coefficient (Wildman–Crippen LogP) is 2.36. The van der Waals surface area contributed by atoms with Crippen LogP contribution in [-0.4, -0.2) is 34.3 Å². The smallest absolute Gasteiger partial charge is 0.356 e. The lowest BCUT2D eigenvalue weighted by molar-refractivity contribution is -0.140. The van der Waals surface area contributed by atoms with Crippen LogP contribution >= 0.6 is 11.3 Å². The molecular formula is C14H19F3N6S. The largest absolute Gasteiger partial charge is 0.434 e.